The lowest BCUT2D eigenvalue weighted by molar-refractivity contribution is 1.07. The highest BCUT2D eigenvalue weighted by Crippen LogP contribution is 2.46. The number of benzene rings is 9. The van der Waals surface area contributed by atoms with Crippen LogP contribution in [0.5, 0.6) is 0 Å². The molecule has 0 saturated heterocycles. The van der Waals surface area contributed by atoms with E-state index >= 15 is 0 Å². The van der Waals surface area contributed by atoms with Crippen molar-refractivity contribution >= 4 is 63.8 Å². The lowest BCUT2D eigenvalue weighted by Gasteiger charge is -2.14. The first-order chi connectivity index (χ1) is 27.3. The Morgan fingerprint density at radius 3 is 1.38 bits per heavy atom. The van der Waals surface area contributed by atoms with E-state index in [0.29, 0.717) is 17.5 Å². The van der Waals surface area contributed by atoms with Crippen LogP contribution >= 0.6 is 11.3 Å². The molecule has 0 radical (unpaired) electrons. The Hall–Kier alpha value is -7.01. The number of fused-ring (bicyclic) bond motifs is 9. The zero-order chi connectivity index (χ0) is 36.3. The van der Waals surface area contributed by atoms with Gasteiger partial charge in [-0.1, -0.05) is 170 Å². The van der Waals surface area contributed by atoms with Crippen molar-refractivity contribution in [1.82, 2.24) is 15.0 Å². The van der Waals surface area contributed by atoms with Crippen LogP contribution in [0.4, 0.5) is 0 Å². The minimum Gasteiger partial charge on any atom is -0.208 e. The summed E-state index contributed by atoms with van der Waals surface area (Å²) in [5.41, 5.74) is 7.63. The molecule has 2 aromatic heterocycles. The van der Waals surface area contributed by atoms with Gasteiger partial charge in [-0.05, 0) is 72.8 Å². The highest BCUT2D eigenvalue weighted by Gasteiger charge is 2.18. The minimum absolute atomic E-state index is 0.647. The fraction of sp³-hybridized carbons (Fsp3) is 0. The summed E-state index contributed by atoms with van der Waals surface area (Å²) in [6, 6.07) is 66.9. The van der Waals surface area contributed by atoms with Crippen LogP contribution in [-0.4, -0.2) is 15.0 Å². The number of hydrogen-bond acceptors (Lipinski definition) is 4. The summed E-state index contributed by atoms with van der Waals surface area (Å²) in [6.07, 6.45) is 0. The number of rotatable bonds is 5. The lowest BCUT2D eigenvalue weighted by Crippen LogP contribution is -2.00. The van der Waals surface area contributed by atoms with Crippen LogP contribution in [0.3, 0.4) is 0 Å². The Balaban J connectivity index is 1.10. The molecule has 9 aromatic carbocycles. The molecule has 0 bridgehead atoms. The van der Waals surface area contributed by atoms with Crippen LogP contribution in [0, 0.1) is 0 Å². The van der Waals surface area contributed by atoms with E-state index in [9.17, 15) is 0 Å². The molecule has 0 aliphatic rings. The molecule has 0 N–H and O–H groups in total. The average Bonchev–Trinajstić information content (AvgIpc) is 3.66. The van der Waals surface area contributed by atoms with E-state index in [1.807, 2.05) is 72.0 Å². The van der Waals surface area contributed by atoms with E-state index in [1.54, 1.807) is 0 Å². The van der Waals surface area contributed by atoms with Gasteiger partial charge in [-0.15, -0.1) is 11.3 Å². The summed E-state index contributed by atoms with van der Waals surface area (Å²) in [6.45, 7) is 0. The normalized spacial score (nSPS) is 11.6. The first kappa shape index (κ1) is 31.5. The zero-order valence-electron chi connectivity index (χ0n) is 29.6. The maximum atomic E-state index is 5.04. The van der Waals surface area contributed by atoms with Crippen LogP contribution in [0.2, 0.25) is 0 Å². The predicted molar refractivity (Wildman–Crippen MR) is 232 cm³/mol. The van der Waals surface area contributed by atoms with Gasteiger partial charge in [0.2, 0.25) is 0 Å². The fourth-order valence-corrected chi connectivity index (χ4v) is 9.40. The first-order valence-electron chi connectivity index (χ1n) is 18.5. The second-order valence-electron chi connectivity index (χ2n) is 13.9. The molecule has 11 rings (SSSR count). The van der Waals surface area contributed by atoms with Crippen molar-refractivity contribution in [2.45, 2.75) is 0 Å². The number of thiophene rings is 1. The van der Waals surface area contributed by atoms with Gasteiger partial charge in [0.25, 0.3) is 0 Å². The summed E-state index contributed by atoms with van der Waals surface area (Å²) in [5.74, 6) is 1.96. The second-order valence-corrected chi connectivity index (χ2v) is 15.0. The summed E-state index contributed by atoms with van der Waals surface area (Å²) in [4.78, 5) is 15.0. The molecule has 0 aliphatic carbocycles. The number of nitrogens with zero attached hydrogens (tertiary/aromatic N) is 3. The van der Waals surface area contributed by atoms with Gasteiger partial charge in [0.1, 0.15) is 0 Å². The van der Waals surface area contributed by atoms with Gasteiger partial charge in [0.15, 0.2) is 17.5 Å². The molecule has 0 aliphatic heterocycles. The smallest absolute Gasteiger partial charge is 0.164 e. The van der Waals surface area contributed by atoms with E-state index in [0.717, 1.165) is 22.3 Å². The maximum absolute atomic E-state index is 5.04. The SMILES string of the molecule is c1ccc(-c2nc(-c3ccccc3)nc(-c3cccc(-c4ccc(-c5ccc6c7ccccc7c7ccccc7c6c5)c5sc6ccccc6c45)c3)n2)cc1. The highest BCUT2D eigenvalue weighted by molar-refractivity contribution is 7.26. The van der Waals surface area contributed by atoms with Gasteiger partial charge in [0.05, 0.1) is 0 Å². The van der Waals surface area contributed by atoms with Crippen molar-refractivity contribution in [3.05, 3.63) is 188 Å². The molecule has 0 unspecified atom stereocenters. The van der Waals surface area contributed by atoms with Gasteiger partial charge < -0.3 is 0 Å². The fourth-order valence-electron chi connectivity index (χ4n) is 8.13. The van der Waals surface area contributed by atoms with E-state index in [-0.39, 0.29) is 0 Å². The Morgan fingerprint density at radius 2 is 0.745 bits per heavy atom. The van der Waals surface area contributed by atoms with Crippen molar-refractivity contribution in [2.24, 2.45) is 0 Å². The van der Waals surface area contributed by atoms with Crippen LogP contribution in [0.1, 0.15) is 0 Å². The summed E-state index contributed by atoms with van der Waals surface area (Å²) in [7, 11) is 0. The predicted octanol–water partition coefficient (Wildman–Crippen LogP) is 14.0. The highest BCUT2D eigenvalue weighted by atomic mass is 32.1. The monoisotopic (exact) mass is 717 g/mol. The molecular formula is C51H31N3S. The van der Waals surface area contributed by atoms with Gasteiger partial charge in [-0.2, -0.15) is 0 Å². The van der Waals surface area contributed by atoms with Gasteiger partial charge in [-0.25, -0.2) is 15.0 Å². The van der Waals surface area contributed by atoms with Gasteiger partial charge in [0, 0.05) is 36.9 Å². The third-order valence-corrected chi connectivity index (χ3v) is 11.9. The van der Waals surface area contributed by atoms with Crippen LogP contribution < -0.4 is 0 Å². The van der Waals surface area contributed by atoms with Crippen molar-refractivity contribution in [3.8, 4) is 56.4 Å². The molecule has 3 nitrogen and oxygen atoms in total. The molecular weight excluding hydrogens is 687 g/mol. The van der Waals surface area contributed by atoms with Crippen LogP contribution in [-0.2, 0) is 0 Å². The molecule has 256 valence electrons. The first-order valence-corrected chi connectivity index (χ1v) is 19.3. The summed E-state index contributed by atoms with van der Waals surface area (Å²) in [5, 5.41) is 10.2. The summed E-state index contributed by atoms with van der Waals surface area (Å²) >= 11 is 1.87. The standard InChI is InChI=1S/C51H31N3S/c1-3-14-32(15-4-1)49-52-50(33-16-5-2-6-17-33)54-51(53-49)36-19-13-18-34(30-36)37-28-29-38(48-47(37)44-24-11-12-25-46(44)55-48)35-26-27-43-41-22-8-7-20-39(41)40-21-9-10-23-42(40)45(43)31-35/h1-31H. The van der Waals surface area contributed by atoms with Crippen molar-refractivity contribution in [3.63, 3.8) is 0 Å². The maximum Gasteiger partial charge on any atom is 0.164 e. The molecule has 2 heterocycles. The Labute approximate surface area is 321 Å². The Kier molecular flexibility index (Phi) is 7.35. The number of hydrogen-bond donors (Lipinski definition) is 0. The van der Waals surface area contributed by atoms with E-state index in [2.05, 4.69) is 127 Å². The van der Waals surface area contributed by atoms with Gasteiger partial charge >= 0.3 is 0 Å². The van der Waals surface area contributed by atoms with Crippen molar-refractivity contribution in [1.29, 1.82) is 0 Å². The Bertz CT molecular complexity index is 3170. The molecule has 4 heteroatoms. The van der Waals surface area contributed by atoms with Crippen LogP contribution in [0.15, 0.2) is 188 Å². The largest absolute Gasteiger partial charge is 0.208 e. The molecule has 0 atom stereocenters. The lowest BCUT2D eigenvalue weighted by atomic mass is 9.90. The quantitative estimate of drug-likeness (QED) is 0.166. The van der Waals surface area contributed by atoms with E-state index in [4.69, 9.17) is 15.0 Å². The molecule has 0 fully saturated rings. The molecule has 0 saturated carbocycles. The third-order valence-electron chi connectivity index (χ3n) is 10.7. The zero-order valence-corrected chi connectivity index (χ0v) is 30.5. The topological polar surface area (TPSA) is 38.7 Å². The summed E-state index contributed by atoms with van der Waals surface area (Å²) < 4.78 is 2.56. The average molecular weight is 718 g/mol. The second kappa shape index (κ2) is 12.8. The van der Waals surface area contributed by atoms with E-state index < -0.39 is 0 Å². The molecule has 11 aromatic rings. The number of aromatic nitrogens is 3. The van der Waals surface area contributed by atoms with Crippen LogP contribution in [0.25, 0.3) is 109 Å². The van der Waals surface area contributed by atoms with Crippen molar-refractivity contribution < 1.29 is 0 Å². The van der Waals surface area contributed by atoms with Crippen molar-refractivity contribution in [2.75, 3.05) is 0 Å². The van der Waals surface area contributed by atoms with E-state index in [1.165, 1.54) is 69.2 Å². The molecule has 0 spiro atoms. The third kappa shape index (κ3) is 5.30. The molecule has 0 amide bonds. The Morgan fingerprint density at radius 1 is 0.291 bits per heavy atom. The van der Waals surface area contributed by atoms with Gasteiger partial charge in [-0.3, -0.25) is 0 Å². The molecule has 55 heavy (non-hydrogen) atoms. The minimum atomic E-state index is 0.647.